The lowest BCUT2D eigenvalue weighted by molar-refractivity contribution is -0.138. The molecule has 25 heavy (non-hydrogen) atoms. The topological polar surface area (TPSA) is 36.4 Å². The number of allylic oxidation sites excluding steroid dienone is 2. The van der Waals surface area contributed by atoms with E-state index in [1.165, 1.54) is 6.07 Å². The minimum Gasteiger partial charge on any atom is -0.353 e. The fourth-order valence-corrected chi connectivity index (χ4v) is 4.20. The van der Waals surface area contributed by atoms with Gasteiger partial charge < -0.3 is 9.80 Å². The Kier molecular flexibility index (Phi) is 3.96. The van der Waals surface area contributed by atoms with Crippen LogP contribution in [0.5, 0.6) is 0 Å². The first-order chi connectivity index (χ1) is 11.9. The molecular formula is C18H20F3N3O. The molecule has 134 valence electrons. The summed E-state index contributed by atoms with van der Waals surface area (Å²) in [5, 5.41) is 0. The van der Waals surface area contributed by atoms with E-state index in [1.54, 1.807) is 0 Å². The van der Waals surface area contributed by atoms with E-state index in [-0.39, 0.29) is 11.8 Å². The number of fused-ring (bicyclic) bond motifs is 2. The van der Waals surface area contributed by atoms with Crippen LogP contribution < -0.4 is 4.90 Å². The molecule has 0 unspecified atom stereocenters. The lowest BCUT2D eigenvalue weighted by Gasteiger charge is -2.37. The zero-order chi connectivity index (χ0) is 17.6. The molecule has 1 saturated carbocycles. The van der Waals surface area contributed by atoms with Crippen LogP contribution in [0.1, 0.15) is 18.4 Å². The maximum Gasteiger partial charge on any atom is 0.417 e. The lowest BCUT2D eigenvalue weighted by Crippen LogP contribution is -2.51. The minimum atomic E-state index is -4.37. The number of rotatable bonds is 2. The standard InChI is InChI=1S/C18H20F3N3O/c19-18(20,21)14-3-4-16(22-11-14)23-5-7-24(8-6-23)17(25)15-10-12-1-2-13(15)9-12/h1-4,11-13,15H,5-10H2/t12-,13+,15-/m1/s1. The van der Waals surface area contributed by atoms with Gasteiger partial charge in [-0.1, -0.05) is 12.2 Å². The molecule has 3 aliphatic rings. The summed E-state index contributed by atoms with van der Waals surface area (Å²) in [7, 11) is 0. The summed E-state index contributed by atoms with van der Waals surface area (Å²) in [5.41, 5.74) is -0.741. The molecule has 0 spiro atoms. The van der Waals surface area contributed by atoms with Crippen molar-refractivity contribution in [3.63, 3.8) is 0 Å². The molecule has 1 aromatic heterocycles. The van der Waals surface area contributed by atoms with Crippen LogP contribution in [0.15, 0.2) is 30.5 Å². The van der Waals surface area contributed by atoms with Crippen LogP contribution in [0.4, 0.5) is 19.0 Å². The third kappa shape index (κ3) is 3.12. The van der Waals surface area contributed by atoms with Crippen molar-refractivity contribution in [2.24, 2.45) is 17.8 Å². The normalized spacial score (nSPS) is 28.7. The Balaban J connectivity index is 1.35. The van der Waals surface area contributed by atoms with Crippen LogP contribution in [0.25, 0.3) is 0 Å². The van der Waals surface area contributed by atoms with Crippen molar-refractivity contribution in [2.45, 2.75) is 19.0 Å². The second-order valence-corrected chi connectivity index (χ2v) is 7.10. The van der Waals surface area contributed by atoms with Crippen LogP contribution in [0.2, 0.25) is 0 Å². The van der Waals surface area contributed by atoms with Crippen LogP contribution in [-0.4, -0.2) is 42.0 Å². The SMILES string of the molecule is O=C([C@@H]1C[C@@H]2C=C[C@H]1C2)N1CCN(c2ccc(C(F)(F)F)cn2)CC1. The van der Waals surface area contributed by atoms with Gasteiger partial charge in [-0.2, -0.15) is 13.2 Å². The highest BCUT2D eigenvalue weighted by atomic mass is 19.4. The molecule has 0 aromatic carbocycles. The number of hydrogen-bond donors (Lipinski definition) is 0. The van der Waals surface area contributed by atoms with Crippen LogP contribution in [0.3, 0.4) is 0 Å². The summed E-state index contributed by atoms with van der Waals surface area (Å²) in [4.78, 5) is 20.5. The molecule has 2 bridgehead atoms. The molecule has 0 radical (unpaired) electrons. The number of aromatic nitrogens is 1. The zero-order valence-corrected chi connectivity index (χ0v) is 13.7. The fourth-order valence-electron chi connectivity index (χ4n) is 4.20. The number of alkyl halides is 3. The summed E-state index contributed by atoms with van der Waals surface area (Å²) < 4.78 is 37.8. The van der Waals surface area contributed by atoms with Gasteiger partial charge in [0, 0.05) is 38.3 Å². The average Bonchev–Trinajstić information content (AvgIpc) is 3.24. The molecule has 2 heterocycles. The van der Waals surface area contributed by atoms with Gasteiger partial charge in [-0.05, 0) is 36.8 Å². The van der Waals surface area contributed by atoms with Crippen LogP contribution in [0, 0.1) is 17.8 Å². The molecule has 0 N–H and O–H groups in total. The minimum absolute atomic E-state index is 0.116. The summed E-state index contributed by atoms with van der Waals surface area (Å²) in [5.74, 6) is 1.84. The summed E-state index contributed by atoms with van der Waals surface area (Å²) in [6, 6.07) is 2.46. The van der Waals surface area contributed by atoms with Crippen molar-refractivity contribution in [1.29, 1.82) is 0 Å². The number of anilines is 1. The van der Waals surface area contributed by atoms with Gasteiger partial charge in [0.25, 0.3) is 0 Å². The van der Waals surface area contributed by atoms with Crippen molar-refractivity contribution in [3.8, 4) is 0 Å². The third-order valence-electron chi connectivity index (χ3n) is 5.59. The van der Waals surface area contributed by atoms with E-state index in [1.807, 2.05) is 9.80 Å². The first-order valence-corrected chi connectivity index (χ1v) is 8.67. The second kappa shape index (κ2) is 6.04. The quantitative estimate of drug-likeness (QED) is 0.769. The summed E-state index contributed by atoms with van der Waals surface area (Å²) in [6.07, 6.45) is 2.97. The molecule has 1 aromatic rings. The molecule has 2 aliphatic carbocycles. The largest absolute Gasteiger partial charge is 0.417 e. The molecule has 4 nitrogen and oxygen atoms in total. The molecule has 1 amide bonds. The van der Waals surface area contributed by atoms with Gasteiger partial charge in [-0.15, -0.1) is 0 Å². The van der Waals surface area contributed by atoms with Gasteiger partial charge in [0.15, 0.2) is 0 Å². The monoisotopic (exact) mass is 351 g/mol. The molecule has 1 saturated heterocycles. The van der Waals surface area contributed by atoms with E-state index in [0.717, 1.165) is 25.1 Å². The Labute approximate surface area is 144 Å². The first-order valence-electron chi connectivity index (χ1n) is 8.67. The van der Waals surface area contributed by atoms with E-state index in [2.05, 4.69) is 17.1 Å². The maximum absolute atomic E-state index is 12.7. The predicted molar refractivity (Wildman–Crippen MR) is 86.9 cm³/mol. The fraction of sp³-hybridized carbons (Fsp3) is 0.556. The summed E-state index contributed by atoms with van der Waals surface area (Å²) >= 11 is 0. The Morgan fingerprint density at radius 3 is 2.36 bits per heavy atom. The highest BCUT2D eigenvalue weighted by Crippen LogP contribution is 2.44. The number of carbonyl (C=O) groups excluding carboxylic acids is 1. The van der Waals surface area contributed by atoms with E-state index in [4.69, 9.17) is 0 Å². The van der Waals surface area contributed by atoms with Gasteiger partial charge in [0.2, 0.25) is 5.91 Å². The molecule has 2 fully saturated rings. The Morgan fingerprint density at radius 1 is 1.08 bits per heavy atom. The van der Waals surface area contributed by atoms with Crippen molar-refractivity contribution < 1.29 is 18.0 Å². The molecule has 1 aliphatic heterocycles. The van der Waals surface area contributed by atoms with E-state index in [0.29, 0.717) is 43.8 Å². The number of halogens is 3. The smallest absolute Gasteiger partial charge is 0.353 e. The van der Waals surface area contributed by atoms with Crippen molar-refractivity contribution >= 4 is 11.7 Å². The van der Waals surface area contributed by atoms with Crippen LogP contribution >= 0.6 is 0 Å². The van der Waals surface area contributed by atoms with Gasteiger partial charge in [-0.25, -0.2) is 4.98 Å². The average molecular weight is 351 g/mol. The molecular weight excluding hydrogens is 331 g/mol. The van der Waals surface area contributed by atoms with Gasteiger partial charge in [0.1, 0.15) is 5.82 Å². The predicted octanol–water partition coefficient (Wildman–Crippen LogP) is 2.96. The highest BCUT2D eigenvalue weighted by molar-refractivity contribution is 5.80. The maximum atomic E-state index is 12.7. The third-order valence-corrected chi connectivity index (χ3v) is 5.59. The second-order valence-electron chi connectivity index (χ2n) is 7.10. The number of hydrogen-bond acceptors (Lipinski definition) is 3. The van der Waals surface area contributed by atoms with Gasteiger partial charge in [0.05, 0.1) is 5.56 Å². The molecule has 4 rings (SSSR count). The molecule has 3 atom stereocenters. The van der Waals surface area contributed by atoms with E-state index < -0.39 is 11.7 Å². The van der Waals surface area contributed by atoms with Crippen LogP contribution in [-0.2, 0) is 11.0 Å². The highest BCUT2D eigenvalue weighted by Gasteiger charge is 2.42. The lowest BCUT2D eigenvalue weighted by atomic mass is 9.92. The Hall–Kier alpha value is -2.05. The molecule has 7 heteroatoms. The Morgan fingerprint density at radius 2 is 1.84 bits per heavy atom. The number of nitrogens with zero attached hydrogens (tertiary/aromatic N) is 3. The first kappa shape index (κ1) is 16.4. The van der Waals surface area contributed by atoms with Crippen molar-refractivity contribution in [3.05, 3.63) is 36.0 Å². The number of amides is 1. The van der Waals surface area contributed by atoms with E-state index >= 15 is 0 Å². The Bertz CT molecular complexity index is 678. The number of piperazine rings is 1. The van der Waals surface area contributed by atoms with Crippen molar-refractivity contribution in [1.82, 2.24) is 9.88 Å². The van der Waals surface area contributed by atoms with Crippen molar-refractivity contribution in [2.75, 3.05) is 31.1 Å². The van der Waals surface area contributed by atoms with Gasteiger partial charge in [-0.3, -0.25) is 4.79 Å². The zero-order valence-electron chi connectivity index (χ0n) is 13.7. The van der Waals surface area contributed by atoms with Gasteiger partial charge >= 0.3 is 6.18 Å². The number of carbonyl (C=O) groups is 1. The van der Waals surface area contributed by atoms with E-state index in [9.17, 15) is 18.0 Å². The number of pyridine rings is 1. The summed E-state index contributed by atoms with van der Waals surface area (Å²) in [6.45, 7) is 2.39.